The van der Waals surface area contributed by atoms with E-state index in [9.17, 15) is 4.79 Å². The van der Waals surface area contributed by atoms with Gasteiger partial charge >= 0.3 is 5.97 Å². The maximum absolute atomic E-state index is 10.6. The maximum Gasteiger partial charge on any atom is 0.320 e. The summed E-state index contributed by atoms with van der Waals surface area (Å²) in [4.78, 5) is 10.6. The van der Waals surface area contributed by atoms with Crippen LogP contribution in [-0.4, -0.2) is 23.2 Å². The number of halogens is 1. The molecule has 2 N–H and O–H groups in total. The van der Waals surface area contributed by atoms with Crippen LogP contribution in [0.3, 0.4) is 0 Å². The van der Waals surface area contributed by atoms with E-state index in [1.807, 2.05) is 0 Å². The highest BCUT2D eigenvalue weighted by Crippen LogP contribution is 2.34. The van der Waals surface area contributed by atoms with Gasteiger partial charge in [0.25, 0.3) is 0 Å². The lowest BCUT2D eigenvalue weighted by atomic mass is 10.0. The minimum absolute atomic E-state index is 0. The van der Waals surface area contributed by atoms with Crippen LogP contribution in [0.2, 0.25) is 0 Å². The van der Waals surface area contributed by atoms with E-state index in [2.05, 4.69) is 5.32 Å². The molecule has 1 aliphatic carbocycles. The molecule has 0 spiro atoms. The van der Waals surface area contributed by atoms with E-state index in [-0.39, 0.29) is 18.4 Å². The molecule has 0 aromatic rings. The number of hydrogen-bond acceptors (Lipinski definition) is 2. The summed E-state index contributed by atoms with van der Waals surface area (Å²) in [5.74, 6) is -0.0319. The van der Waals surface area contributed by atoms with Crippen LogP contribution in [0, 0.1) is 5.92 Å². The molecule has 0 amide bonds. The molecule has 2 fully saturated rings. The highest BCUT2D eigenvalue weighted by Gasteiger charge is 2.39. The zero-order valence-electron chi connectivity index (χ0n) is 6.82. The quantitative estimate of drug-likeness (QED) is 0.651. The van der Waals surface area contributed by atoms with Crippen molar-refractivity contribution >= 4 is 18.4 Å². The van der Waals surface area contributed by atoms with Crippen molar-refractivity contribution in [2.75, 3.05) is 0 Å². The summed E-state index contributed by atoms with van der Waals surface area (Å²) in [5.41, 5.74) is 0. The highest BCUT2D eigenvalue weighted by atomic mass is 35.5. The lowest BCUT2D eigenvalue weighted by Crippen LogP contribution is -2.34. The lowest BCUT2D eigenvalue weighted by Gasteiger charge is -2.07. The Morgan fingerprint density at radius 2 is 2.17 bits per heavy atom. The van der Waals surface area contributed by atoms with Crippen LogP contribution in [-0.2, 0) is 4.79 Å². The van der Waals surface area contributed by atoms with Crippen LogP contribution < -0.4 is 5.32 Å². The van der Waals surface area contributed by atoms with E-state index in [0.717, 1.165) is 6.42 Å². The first-order chi connectivity index (χ1) is 5.27. The van der Waals surface area contributed by atoms with Crippen LogP contribution in [0.15, 0.2) is 0 Å². The van der Waals surface area contributed by atoms with E-state index in [1.165, 1.54) is 19.3 Å². The first-order valence-corrected chi connectivity index (χ1v) is 4.26. The number of hydrogen-bond donors (Lipinski definition) is 2. The van der Waals surface area contributed by atoms with Gasteiger partial charge in [0, 0.05) is 6.04 Å². The second-order valence-electron chi connectivity index (χ2n) is 3.59. The summed E-state index contributed by atoms with van der Waals surface area (Å²) in [6, 6.07) is 0.251. The van der Waals surface area contributed by atoms with Gasteiger partial charge in [0.05, 0.1) is 0 Å². The van der Waals surface area contributed by atoms with Gasteiger partial charge in [-0.3, -0.25) is 4.79 Å². The molecule has 12 heavy (non-hydrogen) atoms. The predicted molar refractivity (Wildman–Crippen MR) is 47.6 cm³/mol. The van der Waals surface area contributed by atoms with E-state index >= 15 is 0 Å². The number of carbonyl (C=O) groups is 1. The van der Waals surface area contributed by atoms with Crippen LogP contribution >= 0.6 is 12.4 Å². The third-order valence-electron chi connectivity index (χ3n) is 2.91. The largest absolute Gasteiger partial charge is 0.480 e. The summed E-state index contributed by atoms with van der Waals surface area (Å²) in [7, 11) is 0. The zero-order valence-corrected chi connectivity index (χ0v) is 7.64. The normalized spacial score (nSPS) is 38.8. The summed E-state index contributed by atoms with van der Waals surface area (Å²) in [6.45, 7) is 0. The molecule has 3 nitrogen and oxygen atoms in total. The fourth-order valence-electron chi connectivity index (χ4n) is 2.34. The Morgan fingerprint density at radius 3 is 2.75 bits per heavy atom. The van der Waals surface area contributed by atoms with Crippen molar-refractivity contribution in [2.24, 2.45) is 5.92 Å². The second kappa shape index (κ2) is 3.62. The third kappa shape index (κ3) is 1.57. The highest BCUT2D eigenvalue weighted by molar-refractivity contribution is 5.85. The predicted octanol–water partition coefficient (Wildman–Crippen LogP) is 1.02. The molecule has 3 atom stereocenters. The molecule has 1 aliphatic heterocycles. The lowest BCUT2D eigenvalue weighted by molar-refractivity contribution is -0.139. The van der Waals surface area contributed by atoms with Crippen molar-refractivity contribution in [2.45, 2.75) is 37.8 Å². The topological polar surface area (TPSA) is 49.3 Å². The number of carboxylic acids is 1. The summed E-state index contributed by atoms with van der Waals surface area (Å²) < 4.78 is 0. The number of rotatable bonds is 1. The standard InChI is InChI=1S/C8H13NO2.ClH/c10-8(11)7-4-5-2-1-3-6(5)9-7;/h5-7,9H,1-4H2,(H,10,11);1H/t5-,6+,7-;/m1./s1. The Kier molecular flexibility index (Phi) is 2.96. The molecule has 0 radical (unpaired) electrons. The molecule has 0 bridgehead atoms. The fourth-order valence-corrected chi connectivity index (χ4v) is 2.34. The van der Waals surface area contributed by atoms with E-state index in [4.69, 9.17) is 5.11 Å². The van der Waals surface area contributed by atoms with Crippen molar-refractivity contribution in [1.82, 2.24) is 5.32 Å². The molecule has 0 aromatic carbocycles. The van der Waals surface area contributed by atoms with Gasteiger partial charge in [-0.2, -0.15) is 0 Å². The van der Waals surface area contributed by atoms with Crippen molar-refractivity contribution in [1.29, 1.82) is 0 Å². The second-order valence-corrected chi connectivity index (χ2v) is 3.59. The summed E-state index contributed by atoms with van der Waals surface area (Å²) >= 11 is 0. The van der Waals surface area contributed by atoms with Crippen molar-refractivity contribution < 1.29 is 9.90 Å². The van der Waals surface area contributed by atoms with Gasteiger partial charge in [-0.25, -0.2) is 0 Å². The van der Waals surface area contributed by atoms with Crippen LogP contribution in [0.1, 0.15) is 25.7 Å². The Balaban J connectivity index is 0.000000720. The number of carboxylic acid groups (broad SMARTS) is 1. The summed E-state index contributed by atoms with van der Waals surface area (Å²) in [6.07, 6.45) is 4.52. The molecule has 4 heteroatoms. The first-order valence-electron chi connectivity index (χ1n) is 4.26. The molecule has 70 valence electrons. The van der Waals surface area contributed by atoms with Crippen molar-refractivity contribution in [3.05, 3.63) is 0 Å². The molecule has 2 rings (SSSR count). The monoisotopic (exact) mass is 191 g/mol. The Hall–Kier alpha value is -0.280. The summed E-state index contributed by atoms with van der Waals surface area (Å²) in [5, 5.41) is 11.9. The number of aliphatic carboxylic acids is 1. The Labute approximate surface area is 77.9 Å². The van der Waals surface area contributed by atoms with Crippen LogP contribution in [0.25, 0.3) is 0 Å². The molecular weight excluding hydrogens is 178 g/mol. The molecule has 0 aromatic heterocycles. The van der Waals surface area contributed by atoms with Crippen LogP contribution in [0.4, 0.5) is 0 Å². The maximum atomic E-state index is 10.6. The van der Waals surface area contributed by atoms with E-state index < -0.39 is 5.97 Å². The minimum atomic E-state index is -0.681. The number of nitrogens with one attached hydrogen (secondary N) is 1. The fraction of sp³-hybridized carbons (Fsp3) is 0.875. The van der Waals surface area contributed by atoms with Gasteiger partial charge in [0.15, 0.2) is 0 Å². The minimum Gasteiger partial charge on any atom is -0.480 e. The molecule has 0 unspecified atom stereocenters. The molecule has 2 aliphatic rings. The van der Waals surface area contributed by atoms with Crippen LogP contribution in [0.5, 0.6) is 0 Å². The molecule has 1 heterocycles. The SMILES string of the molecule is Cl.O=C(O)[C@H]1C[C@H]2CCC[C@@H]2N1. The van der Waals surface area contributed by atoms with Gasteiger partial charge < -0.3 is 10.4 Å². The molecule has 1 saturated carbocycles. The van der Waals surface area contributed by atoms with Gasteiger partial charge in [0.1, 0.15) is 6.04 Å². The smallest absolute Gasteiger partial charge is 0.320 e. The Bertz CT molecular complexity index is 174. The van der Waals surface area contributed by atoms with Crippen molar-refractivity contribution in [3.8, 4) is 0 Å². The Morgan fingerprint density at radius 1 is 1.42 bits per heavy atom. The zero-order chi connectivity index (χ0) is 7.84. The first kappa shape index (κ1) is 9.81. The molecule has 1 saturated heterocycles. The molecular formula is C8H14ClNO2. The van der Waals surface area contributed by atoms with E-state index in [1.54, 1.807) is 0 Å². The average Bonchev–Trinajstić information content (AvgIpc) is 2.40. The average molecular weight is 192 g/mol. The van der Waals surface area contributed by atoms with Gasteiger partial charge in [-0.05, 0) is 25.2 Å². The number of fused-ring (bicyclic) bond motifs is 1. The van der Waals surface area contributed by atoms with Gasteiger partial charge in [0.2, 0.25) is 0 Å². The van der Waals surface area contributed by atoms with Crippen molar-refractivity contribution in [3.63, 3.8) is 0 Å². The third-order valence-corrected chi connectivity index (χ3v) is 2.91. The van der Waals surface area contributed by atoms with Gasteiger partial charge in [-0.15, -0.1) is 12.4 Å². The van der Waals surface area contributed by atoms with Gasteiger partial charge in [-0.1, -0.05) is 6.42 Å². The van der Waals surface area contributed by atoms with E-state index in [0.29, 0.717) is 12.0 Å².